The summed E-state index contributed by atoms with van der Waals surface area (Å²) in [5, 5.41) is 0. The van der Waals surface area contributed by atoms with E-state index in [1.54, 1.807) is 0 Å². The Bertz CT molecular complexity index is 1040. The minimum Gasteiger partial charge on any atom is -0.310 e. The van der Waals surface area contributed by atoms with Crippen molar-refractivity contribution in [2.75, 3.05) is 0 Å². The third-order valence-electron chi connectivity index (χ3n) is 9.26. The Morgan fingerprint density at radius 3 is 1.33 bits per heavy atom. The summed E-state index contributed by atoms with van der Waals surface area (Å²) in [6.07, 6.45) is 7.96. The molecule has 0 spiro atoms. The van der Waals surface area contributed by atoms with Gasteiger partial charge in [0.05, 0.1) is 0 Å². The van der Waals surface area contributed by atoms with E-state index in [0.717, 1.165) is 17.8 Å². The molecule has 3 aromatic rings. The van der Waals surface area contributed by atoms with Crippen LogP contribution in [0.15, 0.2) is 91.0 Å². The van der Waals surface area contributed by atoms with Gasteiger partial charge in [0.25, 0.3) is 0 Å². The van der Waals surface area contributed by atoms with Crippen LogP contribution in [0.25, 0.3) is 0 Å². The highest BCUT2D eigenvalue weighted by Gasteiger charge is 2.69. The summed E-state index contributed by atoms with van der Waals surface area (Å²) in [6, 6.07) is 32.2. The van der Waals surface area contributed by atoms with Crippen molar-refractivity contribution < 1.29 is 4.79 Å². The quantitative estimate of drug-likeness (QED) is 0.336. The van der Waals surface area contributed by atoms with Crippen molar-refractivity contribution in [2.24, 2.45) is 23.2 Å². The van der Waals surface area contributed by atoms with E-state index in [1.165, 1.54) is 55.2 Å². The van der Waals surface area contributed by atoms with Crippen LogP contribution in [-0.2, 0) is 10.3 Å². The third-order valence-corrected chi connectivity index (χ3v) is 9.26. The topological polar surface area (TPSA) is 20.1 Å². The Kier molecular flexibility index (Phi) is 4.19. The predicted molar refractivity (Wildman–Crippen MR) is 130 cm³/mol. The lowest BCUT2D eigenvalue weighted by atomic mass is 9.48. The van der Waals surface area contributed by atoms with E-state index in [-0.39, 0.29) is 11.5 Å². The predicted octanol–water partition coefficient (Wildman–Crippen LogP) is 6.41. The molecule has 3 aromatic carbocycles. The molecule has 4 bridgehead atoms. The fourth-order valence-electron chi connectivity index (χ4n) is 8.54. The molecule has 1 unspecified atom stereocenters. The highest BCUT2D eigenvalue weighted by Crippen LogP contribution is 2.66. The SMILES string of the molecule is O=C1C(C23CC4CC(CC(C4)C2)C3)N1C(c1ccccc1)(c1ccccc1)c1ccccc1. The molecule has 2 nitrogen and oxygen atoms in total. The van der Waals surface area contributed by atoms with Gasteiger partial charge in [-0.25, -0.2) is 0 Å². The Hall–Kier alpha value is -2.87. The van der Waals surface area contributed by atoms with Crippen LogP contribution in [0.4, 0.5) is 0 Å². The van der Waals surface area contributed by atoms with E-state index < -0.39 is 5.54 Å². The van der Waals surface area contributed by atoms with Gasteiger partial charge in [-0.15, -0.1) is 0 Å². The van der Waals surface area contributed by atoms with Gasteiger partial charge in [0.15, 0.2) is 0 Å². The Labute approximate surface area is 196 Å². The molecule has 4 aliphatic carbocycles. The molecule has 1 heterocycles. The Balaban J connectivity index is 1.43. The van der Waals surface area contributed by atoms with Gasteiger partial charge < -0.3 is 4.90 Å². The molecule has 0 radical (unpaired) electrons. The van der Waals surface area contributed by atoms with E-state index in [1.807, 2.05) is 0 Å². The first-order valence-corrected chi connectivity index (χ1v) is 12.7. The molecule has 33 heavy (non-hydrogen) atoms. The van der Waals surface area contributed by atoms with E-state index in [4.69, 9.17) is 0 Å². The van der Waals surface area contributed by atoms with Gasteiger partial charge >= 0.3 is 0 Å². The van der Waals surface area contributed by atoms with Gasteiger partial charge in [0.1, 0.15) is 11.6 Å². The zero-order valence-corrected chi connectivity index (χ0v) is 19.1. The lowest BCUT2D eigenvalue weighted by Gasteiger charge is -2.57. The molecular weight excluding hydrogens is 402 g/mol. The molecule has 5 aliphatic rings. The fraction of sp³-hybridized carbons (Fsp3) is 0.387. The average molecular weight is 434 g/mol. The van der Waals surface area contributed by atoms with Crippen LogP contribution in [0.5, 0.6) is 0 Å². The van der Waals surface area contributed by atoms with Crippen LogP contribution in [0.2, 0.25) is 0 Å². The lowest BCUT2D eigenvalue weighted by Crippen LogP contribution is -2.51. The molecule has 1 amide bonds. The number of rotatable bonds is 5. The Morgan fingerprint density at radius 2 is 0.970 bits per heavy atom. The van der Waals surface area contributed by atoms with Crippen molar-refractivity contribution >= 4 is 5.91 Å². The maximum absolute atomic E-state index is 14.0. The van der Waals surface area contributed by atoms with Crippen molar-refractivity contribution in [1.82, 2.24) is 4.90 Å². The maximum Gasteiger partial charge on any atom is 0.247 e. The highest BCUT2D eigenvalue weighted by molar-refractivity contribution is 6.00. The third kappa shape index (κ3) is 2.76. The molecular formula is C31H31NO. The van der Waals surface area contributed by atoms with Crippen LogP contribution in [-0.4, -0.2) is 16.8 Å². The largest absolute Gasteiger partial charge is 0.310 e. The van der Waals surface area contributed by atoms with Crippen LogP contribution in [0.1, 0.15) is 55.2 Å². The number of hydrogen-bond acceptors (Lipinski definition) is 1. The summed E-state index contributed by atoms with van der Waals surface area (Å²) in [5.41, 5.74) is 3.14. The van der Waals surface area contributed by atoms with Crippen molar-refractivity contribution in [1.29, 1.82) is 0 Å². The number of amides is 1. The van der Waals surface area contributed by atoms with Gasteiger partial charge in [-0.3, -0.25) is 4.79 Å². The molecule has 1 aliphatic heterocycles. The van der Waals surface area contributed by atoms with Gasteiger partial charge in [-0.05, 0) is 73.0 Å². The minimum atomic E-state index is -0.588. The second-order valence-corrected chi connectivity index (χ2v) is 11.2. The summed E-state index contributed by atoms with van der Waals surface area (Å²) >= 11 is 0. The Morgan fingerprint density at radius 1 is 0.606 bits per heavy atom. The van der Waals surface area contributed by atoms with Crippen LogP contribution in [0.3, 0.4) is 0 Å². The lowest BCUT2D eigenvalue weighted by molar-refractivity contribution is -0.116. The molecule has 1 atom stereocenters. The summed E-state index contributed by atoms with van der Waals surface area (Å²) in [7, 11) is 0. The monoisotopic (exact) mass is 433 g/mol. The van der Waals surface area contributed by atoms with Crippen molar-refractivity contribution in [3.05, 3.63) is 108 Å². The highest BCUT2D eigenvalue weighted by atomic mass is 16.2. The van der Waals surface area contributed by atoms with E-state index in [2.05, 4.69) is 95.9 Å². The van der Waals surface area contributed by atoms with Gasteiger partial charge in [0.2, 0.25) is 5.91 Å². The van der Waals surface area contributed by atoms with E-state index in [0.29, 0.717) is 5.91 Å². The number of carbonyl (C=O) groups is 1. The molecule has 1 saturated heterocycles. The molecule has 4 saturated carbocycles. The summed E-state index contributed by atoms with van der Waals surface area (Å²) < 4.78 is 0. The van der Waals surface area contributed by atoms with E-state index >= 15 is 0 Å². The summed E-state index contributed by atoms with van der Waals surface area (Å²) in [4.78, 5) is 16.3. The van der Waals surface area contributed by atoms with Crippen LogP contribution < -0.4 is 0 Å². The number of benzene rings is 3. The van der Waals surface area contributed by atoms with Crippen molar-refractivity contribution in [3.8, 4) is 0 Å². The smallest absolute Gasteiger partial charge is 0.247 e. The minimum absolute atomic E-state index is 0.0338. The second kappa shape index (κ2) is 7.06. The first-order chi connectivity index (χ1) is 16.2. The zero-order valence-electron chi connectivity index (χ0n) is 19.1. The maximum atomic E-state index is 14.0. The first kappa shape index (κ1) is 19.6. The summed E-state index contributed by atoms with van der Waals surface area (Å²) in [6.45, 7) is 0. The standard InChI is InChI=1S/C31H31NO/c33-29-28(30-19-22-16-23(20-30)18-24(17-22)21-30)32(29)31(25-10-4-1-5-11-25,26-12-6-2-7-13-26)27-14-8-3-9-15-27/h1-15,22-24,28H,16-21H2. The second-order valence-electron chi connectivity index (χ2n) is 11.2. The zero-order chi connectivity index (χ0) is 22.0. The fourth-order valence-corrected chi connectivity index (χ4v) is 8.54. The van der Waals surface area contributed by atoms with Gasteiger partial charge in [0, 0.05) is 5.41 Å². The molecule has 8 rings (SSSR count). The molecule has 5 fully saturated rings. The van der Waals surface area contributed by atoms with Crippen LogP contribution >= 0.6 is 0 Å². The normalized spacial score (nSPS) is 32.2. The van der Waals surface area contributed by atoms with Crippen molar-refractivity contribution in [2.45, 2.75) is 50.1 Å². The van der Waals surface area contributed by atoms with E-state index in [9.17, 15) is 4.79 Å². The molecule has 2 heteroatoms. The first-order valence-electron chi connectivity index (χ1n) is 12.7. The van der Waals surface area contributed by atoms with Gasteiger partial charge in [-0.1, -0.05) is 91.0 Å². The number of hydrogen-bond donors (Lipinski definition) is 0. The van der Waals surface area contributed by atoms with Crippen molar-refractivity contribution in [3.63, 3.8) is 0 Å². The summed E-state index contributed by atoms with van der Waals surface area (Å²) in [5.74, 6) is 2.87. The molecule has 0 N–H and O–H groups in total. The molecule has 166 valence electrons. The van der Waals surface area contributed by atoms with Crippen LogP contribution in [0, 0.1) is 23.2 Å². The average Bonchev–Trinajstić information content (AvgIpc) is 3.53. The number of carbonyl (C=O) groups excluding carboxylic acids is 1. The molecule has 0 aromatic heterocycles. The van der Waals surface area contributed by atoms with Gasteiger partial charge in [-0.2, -0.15) is 0 Å². The number of nitrogens with zero attached hydrogens (tertiary/aromatic N) is 1.